The van der Waals surface area contributed by atoms with Crippen LogP contribution in [0.1, 0.15) is 0 Å². The van der Waals surface area contributed by atoms with Gasteiger partial charge in [0.25, 0.3) is 0 Å². The van der Waals surface area contributed by atoms with Crippen LogP contribution < -0.4 is 16.0 Å². The quantitative estimate of drug-likeness (QED) is 0.307. The summed E-state index contributed by atoms with van der Waals surface area (Å²) in [4.78, 5) is 0. The van der Waals surface area contributed by atoms with E-state index < -0.39 is 0 Å². The predicted molar refractivity (Wildman–Crippen MR) is 53.5 cm³/mol. The van der Waals surface area contributed by atoms with E-state index in [1.54, 1.807) is 0 Å². The van der Waals surface area contributed by atoms with Crippen molar-refractivity contribution in [3.8, 4) is 0 Å². The van der Waals surface area contributed by atoms with Gasteiger partial charge in [-0.1, -0.05) is 0 Å². The lowest BCUT2D eigenvalue weighted by Crippen LogP contribution is -2.41. The molecule has 0 bridgehead atoms. The van der Waals surface area contributed by atoms with Gasteiger partial charge in [0.1, 0.15) is 0 Å². The van der Waals surface area contributed by atoms with Crippen molar-refractivity contribution in [2.45, 2.75) is 6.04 Å². The topological polar surface area (TPSA) is 36.1 Å². The molecule has 0 aromatic rings. The smallest absolute Gasteiger partial charge is 0.0280 e. The molecule has 11 heavy (non-hydrogen) atoms. The molecule has 0 aliphatic heterocycles. The molecule has 0 aromatic heterocycles. The second-order valence-electron chi connectivity index (χ2n) is 2.49. The molecule has 0 spiro atoms. The lowest BCUT2D eigenvalue weighted by Gasteiger charge is -2.15. The van der Waals surface area contributed by atoms with E-state index in [1.165, 1.54) is 0 Å². The van der Waals surface area contributed by atoms with Gasteiger partial charge in [-0.2, -0.15) is 12.6 Å². The van der Waals surface area contributed by atoms with Crippen LogP contribution >= 0.6 is 12.6 Å². The average molecular weight is 177 g/mol. The third kappa shape index (κ3) is 6.62. The summed E-state index contributed by atoms with van der Waals surface area (Å²) in [6.07, 6.45) is 0. The summed E-state index contributed by atoms with van der Waals surface area (Å²) in [6.45, 7) is 2.99. The van der Waals surface area contributed by atoms with Gasteiger partial charge in [-0.3, -0.25) is 0 Å². The SMILES string of the molecule is CNCCNC(CS)CNC. The molecule has 0 aliphatic rings. The first-order valence-corrected chi connectivity index (χ1v) is 4.61. The normalized spacial score (nSPS) is 13.4. The Kier molecular flexibility index (Phi) is 8.50. The molecular formula is C7H19N3S. The molecule has 0 saturated heterocycles. The highest BCUT2D eigenvalue weighted by atomic mass is 32.1. The van der Waals surface area contributed by atoms with Gasteiger partial charge in [0.05, 0.1) is 0 Å². The van der Waals surface area contributed by atoms with Crippen molar-refractivity contribution in [2.75, 3.05) is 39.5 Å². The Labute approximate surface area is 74.7 Å². The molecule has 0 amide bonds. The minimum Gasteiger partial charge on any atom is -0.318 e. The predicted octanol–water partition coefficient (Wildman–Crippen LogP) is -0.687. The highest BCUT2D eigenvalue weighted by molar-refractivity contribution is 7.80. The molecule has 4 heteroatoms. The van der Waals surface area contributed by atoms with E-state index in [4.69, 9.17) is 0 Å². The Morgan fingerprint density at radius 3 is 2.36 bits per heavy atom. The van der Waals surface area contributed by atoms with Crippen LogP contribution in [0.3, 0.4) is 0 Å². The second kappa shape index (κ2) is 8.33. The number of hydrogen-bond acceptors (Lipinski definition) is 4. The molecular weight excluding hydrogens is 158 g/mol. The van der Waals surface area contributed by atoms with Crippen LogP contribution in [-0.4, -0.2) is 45.5 Å². The van der Waals surface area contributed by atoms with Gasteiger partial charge < -0.3 is 16.0 Å². The molecule has 0 radical (unpaired) electrons. The van der Waals surface area contributed by atoms with E-state index in [0.717, 1.165) is 25.4 Å². The average Bonchev–Trinajstić information content (AvgIpc) is 2.03. The maximum absolute atomic E-state index is 4.23. The first-order valence-electron chi connectivity index (χ1n) is 3.98. The molecule has 0 rings (SSSR count). The van der Waals surface area contributed by atoms with Gasteiger partial charge in [-0.25, -0.2) is 0 Å². The van der Waals surface area contributed by atoms with E-state index in [2.05, 4.69) is 28.6 Å². The van der Waals surface area contributed by atoms with Crippen LogP contribution in [0.15, 0.2) is 0 Å². The van der Waals surface area contributed by atoms with Crippen molar-refractivity contribution in [1.29, 1.82) is 0 Å². The number of likely N-dealkylation sites (N-methyl/N-ethyl adjacent to an activating group) is 2. The van der Waals surface area contributed by atoms with E-state index in [1.807, 2.05) is 14.1 Å². The molecule has 1 atom stereocenters. The Morgan fingerprint density at radius 2 is 1.91 bits per heavy atom. The fraction of sp³-hybridized carbons (Fsp3) is 1.00. The first-order chi connectivity index (χ1) is 5.35. The molecule has 3 N–H and O–H groups in total. The lowest BCUT2D eigenvalue weighted by atomic mass is 10.3. The molecule has 0 heterocycles. The molecule has 0 aliphatic carbocycles. The van der Waals surface area contributed by atoms with E-state index >= 15 is 0 Å². The van der Waals surface area contributed by atoms with Crippen LogP contribution in [0.5, 0.6) is 0 Å². The summed E-state index contributed by atoms with van der Waals surface area (Å²) in [5.41, 5.74) is 0. The van der Waals surface area contributed by atoms with Crippen molar-refractivity contribution in [3.63, 3.8) is 0 Å². The fourth-order valence-corrected chi connectivity index (χ4v) is 1.11. The first kappa shape index (κ1) is 11.2. The highest BCUT2D eigenvalue weighted by Crippen LogP contribution is 1.84. The Bertz CT molecular complexity index is 80.1. The van der Waals surface area contributed by atoms with Crippen molar-refractivity contribution in [1.82, 2.24) is 16.0 Å². The summed E-state index contributed by atoms with van der Waals surface area (Å²) in [6, 6.07) is 0.483. The van der Waals surface area contributed by atoms with E-state index in [9.17, 15) is 0 Å². The van der Waals surface area contributed by atoms with Crippen LogP contribution in [0.4, 0.5) is 0 Å². The van der Waals surface area contributed by atoms with E-state index in [0.29, 0.717) is 6.04 Å². The highest BCUT2D eigenvalue weighted by Gasteiger charge is 2.01. The largest absolute Gasteiger partial charge is 0.318 e. The molecule has 0 aromatic carbocycles. The minimum atomic E-state index is 0.483. The Balaban J connectivity index is 3.20. The van der Waals surface area contributed by atoms with Gasteiger partial charge in [0, 0.05) is 31.4 Å². The van der Waals surface area contributed by atoms with Gasteiger partial charge in [-0.15, -0.1) is 0 Å². The molecule has 1 unspecified atom stereocenters. The van der Waals surface area contributed by atoms with Crippen LogP contribution in [0.2, 0.25) is 0 Å². The van der Waals surface area contributed by atoms with Crippen LogP contribution in [-0.2, 0) is 0 Å². The van der Waals surface area contributed by atoms with Gasteiger partial charge >= 0.3 is 0 Å². The van der Waals surface area contributed by atoms with E-state index in [-0.39, 0.29) is 0 Å². The number of hydrogen-bond donors (Lipinski definition) is 4. The third-order valence-corrected chi connectivity index (χ3v) is 1.92. The summed E-state index contributed by atoms with van der Waals surface area (Å²) >= 11 is 4.23. The number of nitrogens with one attached hydrogen (secondary N) is 3. The zero-order chi connectivity index (χ0) is 8.53. The molecule has 68 valence electrons. The van der Waals surface area contributed by atoms with Crippen molar-refractivity contribution < 1.29 is 0 Å². The summed E-state index contributed by atoms with van der Waals surface area (Å²) in [5.74, 6) is 0.880. The molecule has 3 nitrogen and oxygen atoms in total. The zero-order valence-corrected chi connectivity index (χ0v) is 8.25. The number of thiol groups is 1. The van der Waals surface area contributed by atoms with Crippen LogP contribution in [0.25, 0.3) is 0 Å². The Hall–Kier alpha value is 0.230. The van der Waals surface area contributed by atoms with Gasteiger partial charge in [-0.05, 0) is 14.1 Å². The molecule has 0 saturated carbocycles. The van der Waals surface area contributed by atoms with Crippen molar-refractivity contribution >= 4 is 12.6 Å². The van der Waals surface area contributed by atoms with Crippen LogP contribution in [0, 0.1) is 0 Å². The van der Waals surface area contributed by atoms with Crippen molar-refractivity contribution in [2.24, 2.45) is 0 Å². The Morgan fingerprint density at radius 1 is 1.18 bits per heavy atom. The van der Waals surface area contributed by atoms with Crippen molar-refractivity contribution in [3.05, 3.63) is 0 Å². The monoisotopic (exact) mass is 177 g/mol. The lowest BCUT2D eigenvalue weighted by molar-refractivity contribution is 0.525. The summed E-state index contributed by atoms with van der Waals surface area (Å²) in [5, 5.41) is 9.57. The zero-order valence-electron chi connectivity index (χ0n) is 7.35. The second-order valence-corrected chi connectivity index (χ2v) is 2.86. The molecule has 0 fully saturated rings. The summed E-state index contributed by atoms with van der Waals surface area (Å²) < 4.78 is 0. The maximum Gasteiger partial charge on any atom is 0.0280 e. The fourth-order valence-electron chi connectivity index (χ4n) is 0.849. The standard InChI is InChI=1S/C7H19N3S/c1-8-3-4-10-7(6-11)5-9-2/h7-11H,3-6H2,1-2H3. The third-order valence-electron chi connectivity index (χ3n) is 1.48. The van der Waals surface area contributed by atoms with Gasteiger partial charge in [0.15, 0.2) is 0 Å². The minimum absolute atomic E-state index is 0.483. The summed E-state index contributed by atoms with van der Waals surface area (Å²) in [7, 11) is 3.91. The number of rotatable bonds is 7. The maximum atomic E-state index is 4.23. The van der Waals surface area contributed by atoms with Gasteiger partial charge in [0.2, 0.25) is 0 Å².